The number of nitroso groups, excluding NO2 is 1. The molecule has 0 aliphatic carbocycles. The van der Waals surface area contributed by atoms with Crippen molar-refractivity contribution in [1.82, 2.24) is 9.63 Å². The Morgan fingerprint density at radius 2 is 1.80 bits per heavy atom. The van der Waals surface area contributed by atoms with Gasteiger partial charge in [-0.2, -0.15) is 8.42 Å². The van der Waals surface area contributed by atoms with Crippen LogP contribution in [0.25, 0.3) is 0 Å². The topological polar surface area (TPSA) is 173 Å². The van der Waals surface area contributed by atoms with Crippen LogP contribution in [0, 0.1) is 4.91 Å². The molecule has 2 rings (SSSR count). The number of sulfonamides is 1. The molecule has 0 radical (unpaired) electrons. The number of carbonyl (C=O) groups is 3. The molecule has 2 N–H and O–H groups in total. The van der Waals surface area contributed by atoms with E-state index in [1.807, 2.05) is 4.58 Å². The maximum absolute atomic E-state index is 11.7. The van der Waals surface area contributed by atoms with Crippen molar-refractivity contribution < 1.29 is 37.9 Å². The van der Waals surface area contributed by atoms with E-state index in [0.29, 0.717) is 6.07 Å². The molecule has 1 aromatic rings. The molecule has 1 aromatic heterocycles. The van der Waals surface area contributed by atoms with Gasteiger partial charge in [0.1, 0.15) is 0 Å². The number of carbonyl (C=O) groups excluding carboxylic acids is 3. The molecule has 0 saturated heterocycles. The van der Waals surface area contributed by atoms with Crippen molar-refractivity contribution in [3.63, 3.8) is 0 Å². The summed E-state index contributed by atoms with van der Waals surface area (Å²) in [6, 6.07) is 0.479. The van der Waals surface area contributed by atoms with Crippen LogP contribution in [0.4, 0.5) is 0 Å². The summed E-state index contributed by atoms with van der Waals surface area (Å²) in [5.74, 6) is -4.21. The normalized spacial score (nSPS) is 14.2. The van der Waals surface area contributed by atoms with Crippen LogP contribution in [0.3, 0.4) is 0 Å². The smallest absolute Gasteiger partial charge is 0.333 e. The summed E-state index contributed by atoms with van der Waals surface area (Å²) in [5.41, 5.74) is 0. The van der Waals surface area contributed by atoms with Gasteiger partial charge in [0.2, 0.25) is 5.88 Å². The fraction of sp³-hybridized carbons (Fsp3) is 0.250. The van der Waals surface area contributed by atoms with Crippen LogP contribution < -0.4 is 4.84 Å². The highest BCUT2D eigenvalue weighted by molar-refractivity contribution is 7.90. The molecule has 12 nitrogen and oxygen atoms in total. The highest BCUT2D eigenvalue weighted by Crippen LogP contribution is 2.31. The molecule has 25 heavy (non-hydrogen) atoms. The van der Waals surface area contributed by atoms with Gasteiger partial charge in [-0.05, 0) is 6.42 Å². The molecule has 0 spiro atoms. The molecule has 2 heterocycles. The Labute approximate surface area is 139 Å². The van der Waals surface area contributed by atoms with Crippen LogP contribution in [-0.4, -0.2) is 52.6 Å². The Bertz CT molecular complexity index is 866. The van der Waals surface area contributed by atoms with Crippen LogP contribution in [0.5, 0.6) is 11.8 Å². The first-order valence-electron chi connectivity index (χ1n) is 6.65. The largest absolute Gasteiger partial charge is 0.492 e. The van der Waals surface area contributed by atoms with Gasteiger partial charge in [0.15, 0.2) is 4.90 Å². The average molecular weight is 373 g/mol. The molecule has 0 atom stereocenters. The van der Waals surface area contributed by atoms with Crippen molar-refractivity contribution >= 4 is 27.8 Å². The summed E-state index contributed by atoms with van der Waals surface area (Å²) in [6.07, 6.45) is 1.88. The van der Waals surface area contributed by atoms with E-state index in [0.717, 1.165) is 17.1 Å². The zero-order valence-corrected chi connectivity index (χ0v) is 13.2. The summed E-state index contributed by atoms with van der Waals surface area (Å²) in [6.45, 7) is -0.0574. The third-order valence-electron chi connectivity index (χ3n) is 3.11. The van der Waals surface area contributed by atoms with Gasteiger partial charge in [-0.3, -0.25) is 14.5 Å². The second-order valence-corrected chi connectivity index (χ2v) is 6.30. The average Bonchev–Trinajstić information content (AvgIpc) is 3.02. The molecule has 1 aliphatic rings. The van der Waals surface area contributed by atoms with Gasteiger partial charge in [-0.25, -0.2) is 4.79 Å². The molecule has 0 bridgehead atoms. The van der Waals surface area contributed by atoms with Crippen molar-refractivity contribution in [2.75, 3.05) is 6.54 Å². The van der Waals surface area contributed by atoms with E-state index in [2.05, 4.69) is 4.84 Å². The Hall–Kier alpha value is -3.22. The number of hydrogen-bond donors (Lipinski definition) is 2. The lowest BCUT2D eigenvalue weighted by Gasteiger charge is -2.13. The molecule has 0 saturated carbocycles. The molecule has 0 aromatic carbocycles. The van der Waals surface area contributed by atoms with Gasteiger partial charge < -0.3 is 15.1 Å². The second kappa shape index (κ2) is 6.72. The summed E-state index contributed by atoms with van der Waals surface area (Å²) in [4.78, 5) is 49.0. The van der Waals surface area contributed by atoms with E-state index in [9.17, 15) is 37.9 Å². The quantitative estimate of drug-likeness (QED) is 0.449. The van der Waals surface area contributed by atoms with Gasteiger partial charge in [-0.15, -0.1) is 9.64 Å². The van der Waals surface area contributed by atoms with Crippen LogP contribution in [0.1, 0.15) is 12.8 Å². The highest BCUT2D eigenvalue weighted by Gasteiger charge is 2.28. The summed E-state index contributed by atoms with van der Waals surface area (Å²) >= 11 is 0. The fourth-order valence-corrected chi connectivity index (χ4v) is 2.60. The molecular formula is C12H11N3O9S. The lowest BCUT2D eigenvalue weighted by Crippen LogP contribution is -2.31. The standard InChI is InChI=1S/C12H11N3O9S/c16-8-3-4-9(17)14(8)5-1-2-11(19)24-15-10(18)6-7(12(15)20)25(22,23)13-21/h3-4,6,18,20H,1-2,5H2. The third-order valence-corrected chi connectivity index (χ3v) is 4.17. The molecule has 2 amide bonds. The molecule has 134 valence electrons. The Kier molecular flexibility index (Phi) is 4.87. The predicted molar refractivity (Wildman–Crippen MR) is 77.4 cm³/mol. The van der Waals surface area contributed by atoms with Crippen LogP contribution >= 0.6 is 0 Å². The van der Waals surface area contributed by atoms with E-state index in [1.54, 1.807) is 0 Å². The summed E-state index contributed by atoms with van der Waals surface area (Å²) in [7, 11) is -4.75. The Morgan fingerprint density at radius 3 is 2.36 bits per heavy atom. The Balaban J connectivity index is 1.98. The minimum absolute atomic E-state index is 0.0296. The lowest BCUT2D eigenvalue weighted by molar-refractivity contribution is -0.146. The lowest BCUT2D eigenvalue weighted by atomic mass is 10.3. The minimum atomic E-state index is -4.75. The number of amides is 2. The molecule has 13 heteroatoms. The maximum atomic E-state index is 11.7. The maximum Gasteiger partial charge on any atom is 0.333 e. The summed E-state index contributed by atoms with van der Waals surface area (Å²) < 4.78 is 24.5. The van der Waals surface area contributed by atoms with Crippen molar-refractivity contribution in [2.45, 2.75) is 17.7 Å². The van der Waals surface area contributed by atoms with Crippen molar-refractivity contribution in [3.8, 4) is 11.8 Å². The predicted octanol–water partition coefficient (Wildman–Crippen LogP) is -0.985. The van der Waals surface area contributed by atoms with Crippen molar-refractivity contribution in [2.24, 2.45) is 4.58 Å². The molecule has 0 fully saturated rings. The Morgan fingerprint density at radius 1 is 1.20 bits per heavy atom. The van der Waals surface area contributed by atoms with E-state index in [4.69, 9.17) is 0 Å². The van der Waals surface area contributed by atoms with E-state index >= 15 is 0 Å². The first-order valence-corrected chi connectivity index (χ1v) is 8.09. The van der Waals surface area contributed by atoms with Crippen LogP contribution in [-0.2, 0) is 24.4 Å². The van der Waals surface area contributed by atoms with Crippen molar-refractivity contribution in [3.05, 3.63) is 23.1 Å². The van der Waals surface area contributed by atoms with Gasteiger partial charge >= 0.3 is 16.0 Å². The molecule has 0 unspecified atom stereocenters. The zero-order valence-electron chi connectivity index (χ0n) is 12.4. The van der Waals surface area contributed by atoms with E-state index in [1.165, 1.54) is 0 Å². The molecule has 1 aliphatic heterocycles. The zero-order chi connectivity index (χ0) is 18.8. The summed E-state index contributed by atoms with van der Waals surface area (Å²) in [5, 5.41) is 19.1. The highest BCUT2D eigenvalue weighted by atomic mass is 32.2. The van der Waals surface area contributed by atoms with Gasteiger partial charge in [0.25, 0.3) is 17.7 Å². The molecular weight excluding hydrogens is 362 g/mol. The number of nitrogens with zero attached hydrogens (tertiary/aromatic N) is 3. The number of imide groups is 1. The first kappa shape index (κ1) is 18.1. The minimum Gasteiger partial charge on any atom is -0.492 e. The fourth-order valence-electron chi connectivity index (χ4n) is 1.95. The number of aromatic hydroxyl groups is 2. The van der Waals surface area contributed by atoms with Crippen LogP contribution in [0.15, 0.2) is 27.7 Å². The van der Waals surface area contributed by atoms with Crippen LogP contribution in [0.2, 0.25) is 0 Å². The third kappa shape index (κ3) is 3.65. The van der Waals surface area contributed by atoms with Gasteiger partial charge in [0.05, 0.1) is 4.58 Å². The second-order valence-electron chi connectivity index (χ2n) is 4.76. The van der Waals surface area contributed by atoms with Crippen molar-refractivity contribution in [1.29, 1.82) is 0 Å². The van der Waals surface area contributed by atoms with Gasteiger partial charge in [0, 0.05) is 31.2 Å². The number of aromatic nitrogens is 1. The van der Waals surface area contributed by atoms with E-state index < -0.39 is 44.5 Å². The monoisotopic (exact) mass is 373 g/mol. The van der Waals surface area contributed by atoms with E-state index in [-0.39, 0.29) is 24.1 Å². The number of hydrogen-bond acceptors (Lipinski definition) is 9. The number of rotatable bonds is 7. The SMILES string of the molecule is O=NS(=O)(=O)c1cc(O)n(OC(=O)CCCN2C(=O)C=CC2=O)c1O. The first-order chi connectivity index (χ1) is 11.7. The van der Waals surface area contributed by atoms with Gasteiger partial charge in [-0.1, -0.05) is 0 Å².